The fourth-order valence-electron chi connectivity index (χ4n) is 4.13. The number of aliphatic hydroxyl groups excluding tert-OH is 2. The first kappa shape index (κ1) is 18.4. The van der Waals surface area contributed by atoms with Crippen molar-refractivity contribution in [3.05, 3.63) is 58.8 Å². The summed E-state index contributed by atoms with van der Waals surface area (Å²) in [7, 11) is 4.71. The van der Waals surface area contributed by atoms with E-state index >= 15 is 0 Å². The minimum absolute atomic E-state index is 0.135. The molecule has 1 aliphatic rings. The molecule has 6 heteroatoms. The van der Waals surface area contributed by atoms with Gasteiger partial charge >= 0.3 is 0 Å². The first-order valence-electron chi connectivity index (χ1n) is 9.04. The van der Waals surface area contributed by atoms with Gasteiger partial charge in [0.05, 0.1) is 51.6 Å². The molecule has 0 saturated heterocycles. The van der Waals surface area contributed by atoms with Crippen molar-refractivity contribution in [3.8, 4) is 34.2 Å². The van der Waals surface area contributed by atoms with Crippen molar-refractivity contribution in [1.82, 2.24) is 4.57 Å². The smallest absolute Gasteiger partial charge is 0.203 e. The number of aliphatic hydroxyl groups is 2. The average molecular weight is 381 g/mol. The van der Waals surface area contributed by atoms with Crippen molar-refractivity contribution < 1.29 is 24.4 Å². The summed E-state index contributed by atoms with van der Waals surface area (Å²) < 4.78 is 18.4. The molecule has 0 aliphatic heterocycles. The Kier molecular flexibility index (Phi) is 4.75. The Morgan fingerprint density at radius 3 is 2.18 bits per heavy atom. The first-order valence-corrected chi connectivity index (χ1v) is 9.04. The van der Waals surface area contributed by atoms with Crippen molar-refractivity contribution in [1.29, 1.82) is 0 Å². The lowest BCUT2D eigenvalue weighted by Gasteiger charge is -2.18. The fraction of sp³-hybridized carbons (Fsp3) is 0.273. The van der Waals surface area contributed by atoms with Gasteiger partial charge in [-0.2, -0.15) is 0 Å². The minimum Gasteiger partial charge on any atom is -0.493 e. The number of hydrogen-bond donors (Lipinski definition) is 2. The molecule has 2 aromatic carbocycles. The number of ether oxygens (including phenoxy) is 3. The Balaban J connectivity index is 2.05. The van der Waals surface area contributed by atoms with Crippen LogP contribution in [0.4, 0.5) is 0 Å². The molecule has 1 aromatic heterocycles. The van der Waals surface area contributed by atoms with Gasteiger partial charge in [0.1, 0.15) is 0 Å². The van der Waals surface area contributed by atoms with Gasteiger partial charge in [-0.15, -0.1) is 0 Å². The van der Waals surface area contributed by atoms with Crippen LogP contribution in [0.5, 0.6) is 17.2 Å². The van der Waals surface area contributed by atoms with Crippen LogP contribution in [0.3, 0.4) is 0 Å². The molecule has 1 aliphatic carbocycles. The molecule has 0 radical (unpaired) electrons. The van der Waals surface area contributed by atoms with Crippen molar-refractivity contribution in [2.45, 2.75) is 19.6 Å². The summed E-state index contributed by atoms with van der Waals surface area (Å²) in [5.74, 6) is 1.56. The quantitative estimate of drug-likeness (QED) is 0.537. The van der Waals surface area contributed by atoms with E-state index in [1.54, 1.807) is 21.3 Å². The molecule has 3 aromatic rings. The minimum atomic E-state index is -0.193. The molecule has 4 rings (SSSR count). The first-order chi connectivity index (χ1) is 13.7. The van der Waals surface area contributed by atoms with Gasteiger partial charge < -0.3 is 29.0 Å². The number of rotatable bonds is 6. The molecule has 28 heavy (non-hydrogen) atoms. The van der Waals surface area contributed by atoms with Crippen molar-refractivity contribution in [2.75, 3.05) is 21.3 Å². The van der Waals surface area contributed by atoms with Crippen LogP contribution in [-0.4, -0.2) is 36.1 Å². The fourth-order valence-corrected chi connectivity index (χ4v) is 4.13. The number of benzene rings is 2. The maximum absolute atomic E-state index is 10.1. The van der Waals surface area contributed by atoms with Gasteiger partial charge in [0.25, 0.3) is 0 Å². The Hall–Kier alpha value is -2.96. The molecule has 6 nitrogen and oxygen atoms in total. The summed E-state index contributed by atoms with van der Waals surface area (Å²) in [5, 5.41) is 20.2. The Labute approximate surface area is 163 Å². The van der Waals surface area contributed by atoms with E-state index in [1.165, 1.54) is 5.56 Å². The Morgan fingerprint density at radius 1 is 0.929 bits per heavy atom. The summed E-state index contributed by atoms with van der Waals surface area (Å²) in [6.07, 6.45) is 0.728. The summed E-state index contributed by atoms with van der Waals surface area (Å²) in [6.45, 7) is -0.328. The van der Waals surface area contributed by atoms with Crippen molar-refractivity contribution >= 4 is 0 Å². The number of nitrogens with zero attached hydrogens (tertiary/aromatic N) is 1. The molecule has 0 spiro atoms. The molecule has 2 N–H and O–H groups in total. The van der Waals surface area contributed by atoms with E-state index < -0.39 is 0 Å². The van der Waals surface area contributed by atoms with Crippen LogP contribution >= 0.6 is 0 Å². The molecular formula is C22H23NO5. The molecule has 1 heterocycles. The third kappa shape index (κ3) is 2.57. The van der Waals surface area contributed by atoms with Crippen LogP contribution in [0.25, 0.3) is 16.9 Å². The number of fused-ring (bicyclic) bond motifs is 3. The van der Waals surface area contributed by atoms with Crippen LogP contribution in [-0.2, 0) is 19.6 Å². The van der Waals surface area contributed by atoms with Gasteiger partial charge in [-0.25, -0.2) is 0 Å². The Morgan fingerprint density at radius 2 is 1.61 bits per heavy atom. The second kappa shape index (κ2) is 7.22. The lowest BCUT2D eigenvalue weighted by atomic mass is 10.1. The highest BCUT2D eigenvalue weighted by Crippen LogP contribution is 2.46. The van der Waals surface area contributed by atoms with Crippen LogP contribution in [0.2, 0.25) is 0 Å². The normalized spacial score (nSPS) is 11.9. The second-order valence-electron chi connectivity index (χ2n) is 6.62. The van der Waals surface area contributed by atoms with Crippen molar-refractivity contribution in [3.63, 3.8) is 0 Å². The van der Waals surface area contributed by atoms with E-state index in [4.69, 9.17) is 14.2 Å². The molecular weight excluding hydrogens is 358 g/mol. The Bertz CT molecular complexity index is 1010. The number of aromatic nitrogens is 1. The molecule has 0 amide bonds. The van der Waals surface area contributed by atoms with Crippen LogP contribution in [0.15, 0.2) is 36.4 Å². The van der Waals surface area contributed by atoms with Gasteiger partial charge in [0, 0.05) is 29.7 Å². The molecule has 146 valence electrons. The highest BCUT2D eigenvalue weighted by molar-refractivity contribution is 5.79. The van der Waals surface area contributed by atoms with E-state index in [2.05, 4.69) is 12.1 Å². The summed E-state index contributed by atoms with van der Waals surface area (Å²) in [6, 6.07) is 11.9. The SMILES string of the molecule is COc1cc(-n2c(CO)c(CO)c3c2-c2ccccc2C3)cc(OC)c1OC. The van der Waals surface area contributed by atoms with Crippen LogP contribution in [0, 0.1) is 0 Å². The second-order valence-corrected chi connectivity index (χ2v) is 6.62. The zero-order chi connectivity index (χ0) is 19.8. The maximum atomic E-state index is 10.1. The maximum Gasteiger partial charge on any atom is 0.203 e. The lowest BCUT2D eigenvalue weighted by molar-refractivity contribution is 0.255. The molecule has 0 saturated carbocycles. The molecule has 0 unspecified atom stereocenters. The highest BCUT2D eigenvalue weighted by atomic mass is 16.5. The monoisotopic (exact) mass is 381 g/mol. The number of methoxy groups -OCH3 is 3. The van der Waals surface area contributed by atoms with Gasteiger partial charge in [-0.1, -0.05) is 24.3 Å². The van der Waals surface area contributed by atoms with Gasteiger partial charge in [-0.05, 0) is 11.1 Å². The lowest BCUT2D eigenvalue weighted by Crippen LogP contribution is -2.06. The standard InChI is InChI=1S/C22H23NO5/c1-26-19-9-14(10-20(27-2)22(19)28-3)23-18(12-25)17(11-24)16-8-13-6-4-5-7-15(13)21(16)23/h4-7,9-10,24-25H,8,11-12H2,1-3H3. The largest absolute Gasteiger partial charge is 0.493 e. The summed E-state index contributed by atoms with van der Waals surface area (Å²) >= 11 is 0. The zero-order valence-electron chi connectivity index (χ0n) is 16.2. The average Bonchev–Trinajstić information content (AvgIpc) is 3.25. The van der Waals surface area contributed by atoms with Crippen LogP contribution in [0.1, 0.15) is 22.4 Å². The summed E-state index contributed by atoms with van der Waals surface area (Å²) in [4.78, 5) is 0. The molecule has 0 bridgehead atoms. The van der Waals surface area contributed by atoms with Gasteiger partial charge in [-0.3, -0.25) is 0 Å². The topological polar surface area (TPSA) is 73.1 Å². The summed E-state index contributed by atoms with van der Waals surface area (Å²) in [5.41, 5.74) is 6.53. The van der Waals surface area contributed by atoms with Gasteiger partial charge in [0.15, 0.2) is 11.5 Å². The predicted octanol–water partition coefficient (Wildman–Crippen LogP) is 3.06. The van der Waals surface area contributed by atoms with E-state index in [1.807, 2.05) is 28.8 Å². The third-order valence-electron chi connectivity index (χ3n) is 5.35. The van der Waals surface area contributed by atoms with Crippen LogP contribution < -0.4 is 14.2 Å². The third-order valence-corrected chi connectivity index (χ3v) is 5.35. The highest BCUT2D eigenvalue weighted by Gasteiger charge is 2.30. The number of hydrogen-bond acceptors (Lipinski definition) is 5. The zero-order valence-corrected chi connectivity index (χ0v) is 16.2. The van der Waals surface area contributed by atoms with Crippen molar-refractivity contribution in [2.24, 2.45) is 0 Å². The van der Waals surface area contributed by atoms with E-state index in [0.29, 0.717) is 22.9 Å². The molecule has 0 atom stereocenters. The predicted molar refractivity (Wildman–Crippen MR) is 106 cm³/mol. The molecule has 0 fully saturated rings. The van der Waals surface area contributed by atoms with Gasteiger partial charge in [0.2, 0.25) is 5.75 Å². The van der Waals surface area contributed by atoms with E-state index in [-0.39, 0.29) is 13.2 Å². The van der Waals surface area contributed by atoms with E-state index in [0.717, 1.165) is 34.5 Å². The van der Waals surface area contributed by atoms with E-state index in [9.17, 15) is 10.2 Å².